The average molecular weight is 396 g/mol. The lowest BCUT2D eigenvalue weighted by Crippen LogP contribution is -2.27. The highest BCUT2D eigenvalue weighted by Crippen LogP contribution is 2.41. The van der Waals surface area contributed by atoms with Crippen LogP contribution in [-0.4, -0.2) is 26.3 Å². The Bertz CT molecular complexity index is 1120. The second kappa shape index (κ2) is 7.24. The quantitative estimate of drug-likeness (QED) is 0.571. The Morgan fingerprint density at radius 3 is 2.60 bits per heavy atom. The number of allylic oxidation sites excluding steroid dienone is 3. The van der Waals surface area contributed by atoms with Gasteiger partial charge in [-0.3, -0.25) is 4.98 Å². The van der Waals surface area contributed by atoms with Crippen LogP contribution in [0.1, 0.15) is 43.7 Å². The second-order valence-electron chi connectivity index (χ2n) is 8.66. The van der Waals surface area contributed by atoms with Gasteiger partial charge >= 0.3 is 0 Å². The Kier molecular flexibility index (Phi) is 4.25. The van der Waals surface area contributed by atoms with E-state index in [-0.39, 0.29) is 0 Å². The van der Waals surface area contributed by atoms with Gasteiger partial charge in [-0.1, -0.05) is 18.2 Å². The third-order valence-electron chi connectivity index (χ3n) is 6.33. The minimum atomic E-state index is 0.570. The van der Waals surface area contributed by atoms with Gasteiger partial charge in [0.1, 0.15) is 6.33 Å². The van der Waals surface area contributed by atoms with Crippen LogP contribution in [0.15, 0.2) is 73.0 Å². The largest absolute Gasteiger partial charge is 0.341 e. The normalized spacial score (nSPS) is 18.9. The molecule has 3 aliphatic rings. The first-order chi connectivity index (χ1) is 14.8. The number of benzene rings is 1. The molecule has 0 unspecified atom stereocenters. The predicted octanol–water partition coefficient (Wildman–Crippen LogP) is 5.26. The summed E-state index contributed by atoms with van der Waals surface area (Å²) in [7, 11) is 0. The number of nitrogens with zero attached hydrogens (tertiary/aromatic N) is 5. The Balaban J connectivity index is 1.35. The summed E-state index contributed by atoms with van der Waals surface area (Å²) in [6.45, 7) is 0.876. The Hall–Kier alpha value is -3.21. The van der Waals surface area contributed by atoms with Crippen molar-refractivity contribution in [2.45, 2.75) is 38.1 Å². The first kappa shape index (κ1) is 17.6. The van der Waals surface area contributed by atoms with E-state index in [0.717, 1.165) is 30.3 Å². The van der Waals surface area contributed by atoms with Gasteiger partial charge in [0.15, 0.2) is 5.82 Å². The van der Waals surface area contributed by atoms with Crippen molar-refractivity contribution in [3.63, 3.8) is 0 Å². The van der Waals surface area contributed by atoms with Gasteiger partial charge < -0.3 is 9.47 Å². The fourth-order valence-corrected chi connectivity index (χ4v) is 4.30. The molecule has 0 bridgehead atoms. The molecule has 2 fully saturated rings. The van der Waals surface area contributed by atoms with E-state index < -0.39 is 0 Å². The number of rotatable bonds is 6. The van der Waals surface area contributed by atoms with Crippen LogP contribution in [0, 0.1) is 5.92 Å². The summed E-state index contributed by atoms with van der Waals surface area (Å²) in [5.74, 6) is 1.82. The number of hydrogen-bond donors (Lipinski definition) is 0. The van der Waals surface area contributed by atoms with Crippen molar-refractivity contribution < 1.29 is 0 Å². The van der Waals surface area contributed by atoms with Crippen LogP contribution in [0.5, 0.6) is 0 Å². The summed E-state index contributed by atoms with van der Waals surface area (Å²) in [6.07, 6.45) is 16.5. The van der Waals surface area contributed by atoms with Crippen molar-refractivity contribution >= 4 is 11.3 Å². The summed E-state index contributed by atoms with van der Waals surface area (Å²) < 4.78 is 2.23. The molecule has 2 saturated carbocycles. The molecule has 6 rings (SSSR count). The number of aromatic nitrogens is 4. The molecule has 5 heteroatoms. The van der Waals surface area contributed by atoms with E-state index in [9.17, 15) is 0 Å². The molecule has 0 amide bonds. The monoisotopic (exact) mass is 395 g/mol. The third-order valence-corrected chi connectivity index (χ3v) is 6.33. The molecule has 3 heterocycles. The Morgan fingerprint density at radius 2 is 1.80 bits per heavy atom. The van der Waals surface area contributed by atoms with E-state index >= 15 is 0 Å². The lowest BCUT2D eigenvalue weighted by atomic mass is 10.00. The Labute approximate surface area is 176 Å². The summed E-state index contributed by atoms with van der Waals surface area (Å²) in [5.41, 5.74) is 6.34. The first-order valence-corrected chi connectivity index (χ1v) is 10.9. The van der Waals surface area contributed by atoms with Gasteiger partial charge in [-0.25, -0.2) is 0 Å². The van der Waals surface area contributed by atoms with Crippen LogP contribution >= 0.6 is 0 Å². The minimum absolute atomic E-state index is 0.570. The maximum Gasteiger partial charge on any atom is 0.164 e. The average Bonchev–Trinajstić information content (AvgIpc) is 3.74. The zero-order valence-electron chi connectivity index (χ0n) is 17.0. The summed E-state index contributed by atoms with van der Waals surface area (Å²) >= 11 is 0. The number of pyridine rings is 1. The van der Waals surface area contributed by atoms with Gasteiger partial charge in [-0.2, -0.15) is 0 Å². The van der Waals surface area contributed by atoms with Gasteiger partial charge in [-0.05, 0) is 79.5 Å². The van der Waals surface area contributed by atoms with E-state index in [1.54, 1.807) is 0 Å². The molecule has 1 aliphatic heterocycles. The van der Waals surface area contributed by atoms with Crippen molar-refractivity contribution in [2.75, 3.05) is 11.4 Å². The molecule has 2 aromatic heterocycles. The molecule has 5 nitrogen and oxygen atoms in total. The first-order valence-electron chi connectivity index (χ1n) is 10.9. The zero-order valence-corrected chi connectivity index (χ0v) is 17.0. The molecule has 0 N–H and O–H groups in total. The molecule has 0 spiro atoms. The van der Waals surface area contributed by atoms with Crippen LogP contribution in [0.4, 0.5) is 5.69 Å². The molecule has 2 aliphatic carbocycles. The maximum atomic E-state index is 4.44. The van der Waals surface area contributed by atoms with Crippen LogP contribution in [0.3, 0.4) is 0 Å². The number of anilines is 1. The van der Waals surface area contributed by atoms with Gasteiger partial charge in [-0.15, -0.1) is 10.2 Å². The van der Waals surface area contributed by atoms with Gasteiger partial charge in [0, 0.05) is 41.9 Å². The highest BCUT2D eigenvalue weighted by molar-refractivity contribution is 5.76. The molecule has 0 atom stereocenters. The van der Waals surface area contributed by atoms with Gasteiger partial charge in [0.2, 0.25) is 0 Å². The third kappa shape index (κ3) is 3.45. The van der Waals surface area contributed by atoms with Crippen LogP contribution in [-0.2, 0) is 0 Å². The van der Waals surface area contributed by atoms with Gasteiger partial charge in [0.25, 0.3) is 0 Å². The molecular formula is C25H25N5. The SMILES string of the molecule is C1=C(c2ccncc2)CN(c2cccc(-c3nncn3C3CC3)c2)C(CC2CC2)=C1. The summed E-state index contributed by atoms with van der Waals surface area (Å²) in [6, 6.07) is 13.6. The molecule has 1 aromatic carbocycles. The van der Waals surface area contributed by atoms with Crippen molar-refractivity contribution in [3.05, 3.63) is 78.5 Å². The van der Waals surface area contributed by atoms with Crippen molar-refractivity contribution in [3.8, 4) is 11.4 Å². The van der Waals surface area contributed by atoms with Crippen LogP contribution in [0.25, 0.3) is 17.0 Å². The minimum Gasteiger partial charge on any atom is -0.341 e. The zero-order chi connectivity index (χ0) is 19.9. The Morgan fingerprint density at radius 1 is 0.933 bits per heavy atom. The van der Waals surface area contributed by atoms with Crippen molar-refractivity contribution in [2.24, 2.45) is 5.92 Å². The summed E-state index contributed by atoms with van der Waals surface area (Å²) in [5, 5.41) is 8.62. The van der Waals surface area contributed by atoms with Crippen molar-refractivity contribution in [1.29, 1.82) is 0 Å². The van der Waals surface area contributed by atoms with E-state index in [2.05, 4.69) is 73.2 Å². The highest BCUT2D eigenvalue weighted by Gasteiger charge is 2.28. The van der Waals surface area contributed by atoms with Crippen LogP contribution in [0.2, 0.25) is 0 Å². The predicted molar refractivity (Wildman–Crippen MR) is 119 cm³/mol. The fourth-order valence-electron chi connectivity index (χ4n) is 4.30. The van der Waals surface area contributed by atoms with Crippen molar-refractivity contribution in [1.82, 2.24) is 19.7 Å². The molecular weight excluding hydrogens is 370 g/mol. The second-order valence-corrected chi connectivity index (χ2v) is 8.66. The molecule has 0 saturated heterocycles. The number of hydrogen-bond acceptors (Lipinski definition) is 4. The molecule has 150 valence electrons. The lowest BCUT2D eigenvalue weighted by Gasteiger charge is -2.32. The van der Waals surface area contributed by atoms with E-state index in [1.165, 1.54) is 48.2 Å². The van der Waals surface area contributed by atoms with E-state index in [0.29, 0.717) is 6.04 Å². The summed E-state index contributed by atoms with van der Waals surface area (Å²) in [4.78, 5) is 6.66. The maximum absolute atomic E-state index is 4.44. The van der Waals surface area contributed by atoms with E-state index in [1.807, 2.05) is 18.7 Å². The molecule has 30 heavy (non-hydrogen) atoms. The van der Waals surface area contributed by atoms with Crippen LogP contribution < -0.4 is 4.90 Å². The lowest BCUT2D eigenvalue weighted by molar-refractivity contribution is 0.746. The highest BCUT2D eigenvalue weighted by atomic mass is 15.3. The molecule has 0 radical (unpaired) electrons. The topological polar surface area (TPSA) is 46.8 Å². The van der Waals surface area contributed by atoms with E-state index in [4.69, 9.17) is 0 Å². The fraction of sp³-hybridized carbons (Fsp3) is 0.320. The standard InChI is InChI=1S/C25H25N5/c1-2-20(25-28-27-17-30(25)22-8-9-22)15-23(3-1)29-16-21(19-10-12-26-13-11-19)6-7-24(29)14-18-4-5-18/h1-3,6-7,10-13,15,17-18,22H,4-5,8-9,14,16H2. The smallest absolute Gasteiger partial charge is 0.164 e. The van der Waals surface area contributed by atoms with Gasteiger partial charge in [0.05, 0.1) is 0 Å². The molecule has 3 aromatic rings.